The van der Waals surface area contributed by atoms with Crippen LogP contribution in [0.2, 0.25) is 0 Å². The summed E-state index contributed by atoms with van der Waals surface area (Å²) in [4.78, 5) is 154. The molecule has 24 unspecified atom stereocenters. The predicted octanol–water partition coefficient (Wildman–Crippen LogP) is 23.1. The molecule has 814 valence electrons. The lowest BCUT2D eigenvalue weighted by atomic mass is 9.79. The first-order chi connectivity index (χ1) is 48.8. The van der Waals surface area contributed by atoms with E-state index in [1.165, 1.54) is 0 Å². The van der Waals surface area contributed by atoms with Gasteiger partial charge in [-0.15, -0.1) is 0 Å². The molecule has 0 radical (unpaired) electrons. The van der Waals surface area contributed by atoms with Crippen LogP contribution in [0.15, 0.2) is 0 Å². The van der Waals surface area contributed by atoms with Gasteiger partial charge in [-0.05, 0) is 164 Å². The van der Waals surface area contributed by atoms with Crippen molar-refractivity contribution in [3.63, 3.8) is 0 Å². The Balaban J connectivity index is -0.0000000921. The summed E-state index contributed by atoms with van der Waals surface area (Å²) in [6.45, 7) is -3.61. The summed E-state index contributed by atoms with van der Waals surface area (Å²) in [7, 11) is 0. The number of esters is 12. The summed E-state index contributed by atoms with van der Waals surface area (Å²) in [5.74, 6) is -15.6. The third-order valence-corrected chi connectivity index (χ3v) is 22.2. The molecule has 0 aromatic carbocycles. The Bertz CT molecular complexity index is 2860. The standard InChI is InChI=1S/C44H58O20.C26H34O11.32CH4/c45-37(57-19-39(47)53-15-23-1-5-29-33(9-23)61-29)13-27(43(51)59-21-41(49)55-17-25-3-7-31-35(11-25)63-31)28(44(52)60-22-42(50)56-18-26-4-8-32-36(12-26)64-32)14-38(46)58-20-40(48)54-16-24-2-6-30-34(10-24)62-30;27-23(31-9-13-1-3-17-19(5-13)35-17)11-33-25(29)15-7-21-22(37-21)8-16(15)26(30)34-12-24(28)32-10-14-2-4-18-20(6-14)36-18;;;;;;;;;;;;;;;;;;;;;;;;;;;;;;;;/h23-36H,1-22H2;13-22H,1-12H2;32*1H4. The van der Waals surface area contributed by atoms with E-state index < -0.39 is 148 Å². The molecule has 133 heavy (non-hydrogen) atoms. The Morgan fingerprint density at radius 3 is 0.519 bits per heavy atom. The van der Waals surface area contributed by atoms with Gasteiger partial charge >= 0.3 is 71.6 Å². The number of ether oxygens (including phenoxy) is 19. The van der Waals surface area contributed by atoms with Crippen molar-refractivity contribution in [2.75, 3.05) is 79.3 Å². The van der Waals surface area contributed by atoms with E-state index in [2.05, 4.69) is 0 Å². The molecule has 31 nitrogen and oxygen atoms in total. The van der Waals surface area contributed by atoms with Crippen LogP contribution in [0.25, 0.3) is 0 Å². The minimum atomic E-state index is -1.89. The van der Waals surface area contributed by atoms with Gasteiger partial charge in [0.05, 0.1) is 162 Å². The molecule has 0 bridgehead atoms. The largest absolute Gasteiger partial charge is 0.463 e. The van der Waals surface area contributed by atoms with Gasteiger partial charge < -0.3 is 90.0 Å². The van der Waals surface area contributed by atoms with Crippen LogP contribution in [0.4, 0.5) is 0 Å². The Kier molecular flexibility index (Phi) is 107. The third kappa shape index (κ3) is 53.2. The van der Waals surface area contributed by atoms with Crippen LogP contribution >= 0.6 is 0 Å². The third-order valence-electron chi connectivity index (χ3n) is 22.2. The number of hydrogen-bond acceptors (Lipinski definition) is 31. The summed E-state index contributed by atoms with van der Waals surface area (Å²) in [5.41, 5.74) is 0. The fourth-order valence-electron chi connectivity index (χ4n) is 15.8. The number of rotatable bonds is 33. The van der Waals surface area contributed by atoms with Crippen LogP contribution < -0.4 is 0 Å². The number of fused-ring (bicyclic) bond motifs is 7. The van der Waals surface area contributed by atoms with E-state index in [1.807, 2.05) is 0 Å². The molecule has 7 heterocycles. The minimum Gasteiger partial charge on any atom is -0.463 e. The molecular weight excluding hydrogens is 1720 g/mol. The Morgan fingerprint density at radius 1 is 0.180 bits per heavy atom. The minimum absolute atomic E-state index is 0. The van der Waals surface area contributed by atoms with Crippen LogP contribution in [-0.2, 0) is 148 Å². The smallest absolute Gasteiger partial charge is 0.344 e. The summed E-state index contributed by atoms with van der Waals surface area (Å²) in [6, 6.07) is 0. The molecule has 0 aromatic rings. The zero-order chi connectivity index (χ0) is 70.3. The van der Waals surface area contributed by atoms with Gasteiger partial charge in [-0.1, -0.05) is 238 Å². The van der Waals surface area contributed by atoms with Crippen molar-refractivity contribution < 1.29 is 148 Å². The molecule has 7 aliphatic carbocycles. The average Bonchev–Trinajstić information content (AvgIpc) is 1.62. The van der Waals surface area contributed by atoms with Crippen LogP contribution in [0.1, 0.15) is 379 Å². The van der Waals surface area contributed by atoms with E-state index in [9.17, 15) is 57.5 Å². The second-order valence-electron chi connectivity index (χ2n) is 29.7. The summed E-state index contributed by atoms with van der Waals surface area (Å²) < 4.78 is 102. The van der Waals surface area contributed by atoms with Crippen molar-refractivity contribution in [3.8, 4) is 0 Å². The zero-order valence-corrected chi connectivity index (χ0v) is 56.6. The maximum Gasteiger partial charge on any atom is 0.344 e. The van der Waals surface area contributed by atoms with Crippen LogP contribution in [-0.4, -0.2) is 236 Å². The molecule has 0 amide bonds. The van der Waals surface area contributed by atoms with Gasteiger partial charge in [-0.25, -0.2) is 28.8 Å². The molecule has 24 atom stereocenters. The highest BCUT2D eigenvalue weighted by Gasteiger charge is 2.55. The van der Waals surface area contributed by atoms with Crippen molar-refractivity contribution >= 4 is 71.6 Å². The molecule has 0 spiro atoms. The highest BCUT2D eigenvalue weighted by atomic mass is 16.6. The summed E-state index contributed by atoms with van der Waals surface area (Å²) >= 11 is 0. The van der Waals surface area contributed by atoms with E-state index >= 15 is 0 Å². The van der Waals surface area contributed by atoms with Crippen molar-refractivity contribution in [2.24, 2.45) is 59.2 Å². The second-order valence-corrected chi connectivity index (χ2v) is 29.7. The fraction of sp³-hybridized carbons (Fsp3) is 0.882. The fourth-order valence-corrected chi connectivity index (χ4v) is 15.8. The first-order valence-corrected chi connectivity index (χ1v) is 36.3. The molecule has 14 aliphatic rings. The molecule has 7 aliphatic heterocycles. The van der Waals surface area contributed by atoms with Crippen molar-refractivity contribution in [3.05, 3.63) is 0 Å². The van der Waals surface area contributed by atoms with E-state index in [-0.39, 0.29) is 374 Å². The van der Waals surface area contributed by atoms with Gasteiger partial charge in [0.1, 0.15) is 0 Å². The van der Waals surface area contributed by atoms with Crippen molar-refractivity contribution in [1.29, 1.82) is 0 Å². The highest BCUT2D eigenvalue weighted by molar-refractivity contribution is 5.91. The van der Waals surface area contributed by atoms with E-state index in [4.69, 9.17) is 90.0 Å². The Labute approximate surface area is 818 Å². The maximum absolute atomic E-state index is 13.8. The second kappa shape index (κ2) is 81.4. The molecular formula is C102H220O31. The highest BCUT2D eigenvalue weighted by Crippen LogP contribution is 2.46. The summed E-state index contributed by atoms with van der Waals surface area (Å²) in [5, 5.41) is 0. The molecule has 7 saturated carbocycles. The first-order valence-electron chi connectivity index (χ1n) is 36.3. The Morgan fingerprint density at radius 2 is 0.338 bits per heavy atom. The van der Waals surface area contributed by atoms with Crippen LogP contribution in [0.3, 0.4) is 0 Å². The lowest BCUT2D eigenvalue weighted by Gasteiger charge is -2.26. The van der Waals surface area contributed by atoms with Gasteiger partial charge in [0.2, 0.25) is 0 Å². The summed E-state index contributed by atoms with van der Waals surface area (Å²) in [6.07, 6.45) is 16.7. The first kappa shape index (κ1) is 176. The van der Waals surface area contributed by atoms with Crippen molar-refractivity contribution in [2.45, 2.75) is 464 Å². The molecule has 31 heteroatoms. The monoisotopic (exact) mass is 1940 g/mol. The van der Waals surface area contributed by atoms with Gasteiger partial charge in [0.25, 0.3) is 0 Å². The topological polar surface area (TPSA) is 403 Å². The van der Waals surface area contributed by atoms with Gasteiger partial charge in [-0.3, -0.25) is 28.8 Å². The van der Waals surface area contributed by atoms with Crippen molar-refractivity contribution in [1.82, 2.24) is 0 Å². The van der Waals surface area contributed by atoms with E-state index in [1.54, 1.807) is 0 Å². The maximum atomic E-state index is 13.8. The van der Waals surface area contributed by atoms with Gasteiger partial charge in [0, 0.05) is 0 Å². The number of carbonyl (C=O) groups is 12. The zero-order valence-electron chi connectivity index (χ0n) is 56.6. The molecule has 0 N–H and O–H groups in total. The molecule has 14 rings (SSSR count). The lowest BCUT2D eigenvalue weighted by Crippen LogP contribution is -2.39. The molecule has 14 fully saturated rings. The SMILES string of the molecule is C.C.C.C.C.C.C.C.C.C.C.C.C.C.C.C.C.C.C.C.C.C.C.C.C.C.C.C.C.C.C.C.O=C(COC(=O)C1CC2OC2CC1C(=O)OCC(=O)OCC1CCC2OC2C1)OCC1CCC2OC2C1.O=C(COC(=O)CC(C(=O)OCC(=O)OCC1CCC2OC2C1)C(CC(=O)OCC(=O)OCC1CCC2OC2C1)C(=O)OCC(=O)OCC1CCC2OC2C1)OCC1CCC2OC2C1. The number of epoxide rings is 7. The van der Waals surface area contributed by atoms with Crippen LogP contribution in [0.5, 0.6) is 0 Å². The average molecular weight is 1940 g/mol. The van der Waals surface area contributed by atoms with E-state index in [0.29, 0.717) is 37.3 Å². The van der Waals surface area contributed by atoms with E-state index in [0.717, 1.165) is 116 Å². The lowest BCUT2D eigenvalue weighted by molar-refractivity contribution is -0.174. The predicted molar refractivity (Wildman–Crippen MR) is 544 cm³/mol. The quantitative estimate of drug-likeness (QED) is 0.0334. The molecule has 0 aromatic heterocycles. The Hall–Kier alpha value is -6.64. The van der Waals surface area contributed by atoms with Gasteiger partial charge in [-0.2, -0.15) is 0 Å². The van der Waals surface area contributed by atoms with Gasteiger partial charge in [0.15, 0.2) is 39.6 Å². The number of carbonyl (C=O) groups excluding carboxylic acids is 12. The number of hydrogen-bond donors (Lipinski definition) is 0. The molecule has 7 saturated heterocycles. The van der Waals surface area contributed by atoms with Crippen LogP contribution in [0, 0.1) is 59.2 Å². The normalized spacial score (nSPS) is 27.3.